The van der Waals surface area contributed by atoms with E-state index in [2.05, 4.69) is 10.6 Å². The van der Waals surface area contributed by atoms with Gasteiger partial charge in [-0.15, -0.1) is 0 Å². The first-order valence-electron chi connectivity index (χ1n) is 5.59. The first-order valence-corrected chi connectivity index (χ1v) is 6.58. The Morgan fingerprint density at radius 2 is 1.88 bits per heavy atom. The van der Waals surface area contributed by atoms with Gasteiger partial charge in [-0.2, -0.15) is 13.2 Å². The van der Waals surface area contributed by atoms with Crippen LogP contribution in [0.3, 0.4) is 0 Å². The fourth-order valence-electron chi connectivity index (χ4n) is 1.21. The maximum Gasteiger partial charge on any atom is 0.441 e. The summed E-state index contributed by atoms with van der Waals surface area (Å²) < 4.78 is 35.3. The van der Waals surface area contributed by atoms with Gasteiger partial charge in [0.1, 0.15) is 0 Å². The molecule has 0 aromatic heterocycles. The molecule has 0 bridgehead atoms. The van der Waals surface area contributed by atoms with Crippen molar-refractivity contribution in [2.45, 2.75) is 38.2 Å². The smallest absolute Gasteiger partial charge is 0.352 e. The highest BCUT2D eigenvalue weighted by Crippen LogP contribution is 2.29. The highest BCUT2D eigenvalue weighted by molar-refractivity contribution is 8.00. The molecule has 17 heavy (non-hydrogen) atoms. The molecule has 2 N–H and O–H groups in total. The Kier molecular flexibility index (Phi) is 8.41. The number of rotatable bonds is 8. The maximum absolute atomic E-state index is 11.8. The number of amides is 1. The van der Waals surface area contributed by atoms with Gasteiger partial charge in [0.25, 0.3) is 0 Å². The number of hydrogen-bond donors (Lipinski definition) is 2. The van der Waals surface area contributed by atoms with Crippen LogP contribution in [0.1, 0.15) is 26.7 Å². The van der Waals surface area contributed by atoms with Crippen LogP contribution in [0.5, 0.6) is 0 Å². The quantitative estimate of drug-likeness (QED) is 0.665. The van der Waals surface area contributed by atoms with E-state index in [1.54, 1.807) is 0 Å². The SMILES string of the molecule is CCC(CC)NC(=O)CNCCSC(F)(F)F. The van der Waals surface area contributed by atoms with Gasteiger partial charge in [0.2, 0.25) is 5.91 Å². The summed E-state index contributed by atoms with van der Waals surface area (Å²) in [6.45, 7) is 4.18. The van der Waals surface area contributed by atoms with Gasteiger partial charge in [-0.3, -0.25) is 4.79 Å². The van der Waals surface area contributed by atoms with Crippen LogP contribution in [-0.4, -0.2) is 36.3 Å². The van der Waals surface area contributed by atoms with E-state index in [9.17, 15) is 18.0 Å². The second kappa shape index (κ2) is 8.63. The molecule has 0 heterocycles. The summed E-state index contributed by atoms with van der Waals surface area (Å²) in [5.41, 5.74) is -4.19. The summed E-state index contributed by atoms with van der Waals surface area (Å²) in [6.07, 6.45) is 1.71. The van der Waals surface area contributed by atoms with Crippen LogP contribution in [0.25, 0.3) is 0 Å². The van der Waals surface area contributed by atoms with Gasteiger partial charge in [0, 0.05) is 18.3 Å². The monoisotopic (exact) mass is 272 g/mol. The van der Waals surface area contributed by atoms with Crippen molar-refractivity contribution < 1.29 is 18.0 Å². The zero-order valence-corrected chi connectivity index (χ0v) is 10.9. The molecule has 1 amide bonds. The Bertz CT molecular complexity index is 220. The number of alkyl halides is 3. The van der Waals surface area contributed by atoms with E-state index in [1.807, 2.05) is 13.8 Å². The van der Waals surface area contributed by atoms with E-state index >= 15 is 0 Å². The van der Waals surface area contributed by atoms with Gasteiger partial charge >= 0.3 is 5.51 Å². The minimum Gasteiger partial charge on any atom is -0.352 e. The molecule has 0 saturated heterocycles. The van der Waals surface area contributed by atoms with E-state index < -0.39 is 5.51 Å². The first kappa shape index (κ1) is 16.6. The fourth-order valence-corrected chi connectivity index (χ4v) is 1.69. The molecule has 0 radical (unpaired) electrons. The molecule has 0 aliphatic rings. The highest BCUT2D eigenvalue weighted by atomic mass is 32.2. The van der Waals surface area contributed by atoms with Crippen molar-refractivity contribution in [3.05, 3.63) is 0 Å². The number of thioether (sulfide) groups is 1. The molecule has 0 atom stereocenters. The summed E-state index contributed by atoms with van der Waals surface area (Å²) in [5.74, 6) is -0.252. The highest BCUT2D eigenvalue weighted by Gasteiger charge is 2.27. The summed E-state index contributed by atoms with van der Waals surface area (Å²) in [7, 11) is 0. The molecule has 0 rings (SSSR count). The van der Waals surface area contributed by atoms with E-state index in [0.29, 0.717) is 0 Å². The number of halogens is 3. The summed E-state index contributed by atoms with van der Waals surface area (Å²) in [4.78, 5) is 11.3. The lowest BCUT2D eigenvalue weighted by atomic mass is 10.2. The van der Waals surface area contributed by atoms with E-state index in [4.69, 9.17) is 0 Å². The van der Waals surface area contributed by atoms with Gasteiger partial charge in [-0.25, -0.2) is 0 Å². The minimum atomic E-state index is -4.19. The molecule has 3 nitrogen and oxygen atoms in total. The van der Waals surface area contributed by atoms with Gasteiger partial charge in [-0.05, 0) is 24.6 Å². The van der Waals surface area contributed by atoms with Gasteiger partial charge in [0.05, 0.1) is 6.54 Å². The van der Waals surface area contributed by atoms with Crippen molar-refractivity contribution in [1.29, 1.82) is 0 Å². The fraction of sp³-hybridized carbons (Fsp3) is 0.900. The van der Waals surface area contributed by atoms with Crippen LogP contribution < -0.4 is 10.6 Å². The van der Waals surface area contributed by atoms with Crippen LogP contribution in [0.2, 0.25) is 0 Å². The van der Waals surface area contributed by atoms with Crippen molar-refractivity contribution in [3.63, 3.8) is 0 Å². The average molecular weight is 272 g/mol. The third kappa shape index (κ3) is 10.4. The Morgan fingerprint density at radius 1 is 1.29 bits per heavy atom. The Balaban J connectivity index is 3.52. The van der Waals surface area contributed by atoms with Crippen molar-refractivity contribution >= 4 is 17.7 Å². The largest absolute Gasteiger partial charge is 0.441 e. The molecular formula is C10H19F3N2OS. The zero-order chi connectivity index (χ0) is 13.3. The van der Waals surface area contributed by atoms with Crippen molar-refractivity contribution in [2.24, 2.45) is 0 Å². The number of carbonyl (C=O) groups excluding carboxylic acids is 1. The van der Waals surface area contributed by atoms with E-state index in [1.165, 1.54) is 0 Å². The molecule has 0 spiro atoms. The molecule has 0 aliphatic heterocycles. The predicted molar refractivity (Wildman–Crippen MR) is 63.9 cm³/mol. The number of nitrogens with one attached hydrogen (secondary N) is 2. The van der Waals surface area contributed by atoms with Crippen LogP contribution in [-0.2, 0) is 4.79 Å². The van der Waals surface area contributed by atoms with Crippen LogP contribution in [0, 0.1) is 0 Å². The molecule has 0 saturated carbocycles. The molecular weight excluding hydrogens is 253 g/mol. The zero-order valence-electron chi connectivity index (χ0n) is 10.1. The Hall–Kier alpha value is -0.430. The molecule has 0 aromatic carbocycles. The summed E-state index contributed by atoms with van der Waals surface area (Å²) in [5, 5.41) is 5.47. The van der Waals surface area contributed by atoms with Crippen molar-refractivity contribution in [2.75, 3.05) is 18.8 Å². The van der Waals surface area contributed by atoms with Crippen LogP contribution >= 0.6 is 11.8 Å². The second-order valence-electron chi connectivity index (χ2n) is 3.55. The minimum absolute atomic E-state index is 0.0644. The van der Waals surface area contributed by atoms with E-state index in [-0.39, 0.29) is 42.6 Å². The maximum atomic E-state index is 11.8. The van der Waals surface area contributed by atoms with Gasteiger partial charge in [-0.1, -0.05) is 13.8 Å². The predicted octanol–water partition coefficient (Wildman–Crippen LogP) is 2.13. The number of carbonyl (C=O) groups is 1. The van der Waals surface area contributed by atoms with Gasteiger partial charge in [0.15, 0.2) is 0 Å². The third-order valence-corrected chi connectivity index (χ3v) is 2.92. The lowest BCUT2D eigenvalue weighted by Crippen LogP contribution is -2.40. The molecule has 0 aromatic rings. The van der Waals surface area contributed by atoms with Crippen molar-refractivity contribution in [1.82, 2.24) is 10.6 Å². The standard InChI is InChI=1S/C10H19F3N2OS/c1-3-8(4-2)15-9(16)7-14-5-6-17-10(11,12)13/h8,14H,3-7H2,1-2H3,(H,15,16). The normalized spacial score (nSPS) is 11.9. The first-order chi connectivity index (χ1) is 7.89. The molecule has 7 heteroatoms. The van der Waals surface area contributed by atoms with Crippen molar-refractivity contribution in [3.8, 4) is 0 Å². The molecule has 102 valence electrons. The van der Waals surface area contributed by atoms with Crippen LogP contribution in [0.15, 0.2) is 0 Å². The second-order valence-corrected chi connectivity index (χ2v) is 4.71. The lowest BCUT2D eigenvalue weighted by Gasteiger charge is -2.14. The lowest BCUT2D eigenvalue weighted by molar-refractivity contribution is -0.120. The molecule has 0 unspecified atom stereocenters. The summed E-state index contributed by atoms with van der Waals surface area (Å²) in [6, 6.07) is 0.147. The third-order valence-electron chi connectivity index (χ3n) is 2.18. The topological polar surface area (TPSA) is 41.1 Å². The van der Waals surface area contributed by atoms with Crippen LogP contribution in [0.4, 0.5) is 13.2 Å². The van der Waals surface area contributed by atoms with E-state index in [0.717, 1.165) is 12.8 Å². The Morgan fingerprint density at radius 3 is 2.35 bits per heavy atom. The molecule has 0 aliphatic carbocycles. The van der Waals surface area contributed by atoms with Gasteiger partial charge < -0.3 is 10.6 Å². The Labute approximate surface area is 104 Å². The average Bonchev–Trinajstić information content (AvgIpc) is 2.23. The summed E-state index contributed by atoms with van der Waals surface area (Å²) >= 11 is -0.0861. The number of hydrogen-bond acceptors (Lipinski definition) is 3. The molecule has 0 fully saturated rings.